The standard InChI is InChI=1S/C28H42O6/c1-3-5-7-10-21(29)13-14-22-23-15-19-9-8-11-25(33-18-27(30)31)24(19)16-20(23)17-26(22)34-28(32)12-6-4-2/h8-9,11,20-23,26,29H,3-7,10,12-18H2,1-2H3,(H,30,31)/t20-,21-,22+,23-,26+/m0/s1. The predicted molar refractivity (Wildman–Crippen MR) is 131 cm³/mol. The molecule has 3 rings (SSSR count). The van der Waals surface area contributed by atoms with E-state index in [2.05, 4.69) is 19.9 Å². The minimum absolute atomic E-state index is 0.109. The molecule has 34 heavy (non-hydrogen) atoms. The molecule has 0 aliphatic heterocycles. The van der Waals surface area contributed by atoms with E-state index in [4.69, 9.17) is 14.6 Å². The van der Waals surface area contributed by atoms with Crippen LogP contribution in [0.5, 0.6) is 5.75 Å². The summed E-state index contributed by atoms with van der Waals surface area (Å²) in [5.41, 5.74) is 2.30. The highest BCUT2D eigenvalue weighted by molar-refractivity contribution is 5.69. The third-order valence-corrected chi connectivity index (χ3v) is 7.66. The van der Waals surface area contributed by atoms with Gasteiger partial charge in [0, 0.05) is 6.42 Å². The first kappa shape index (κ1) is 26.5. The Morgan fingerprint density at radius 3 is 2.62 bits per heavy atom. The smallest absolute Gasteiger partial charge is 0.341 e. The Morgan fingerprint density at radius 2 is 1.88 bits per heavy atom. The van der Waals surface area contributed by atoms with Gasteiger partial charge in [-0.1, -0.05) is 51.7 Å². The van der Waals surface area contributed by atoms with Crippen LogP contribution < -0.4 is 4.74 Å². The third kappa shape index (κ3) is 7.21. The zero-order valence-corrected chi connectivity index (χ0v) is 20.8. The van der Waals surface area contributed by atoms with Crippen LogP contribution in [0.4, 0.5) is 0 Å². The molecule has 1 aromatic rings. The maximum Gasteiger partial charge on any atom is 0.341 e. The molecule has 1 saturated carbocycles. The van der Waals surface area contributed by atoms with Crippen molar-refractivity contribution in [3.63, 3.8) is 0 Å². The summed E-state index contributed by atoms with van der Waals surface area (Å²) in [6.45, 7) is 3.89. The average Bonchev–Trinajstić information content (AvgIpc) is 3.14. The number of aliphatic carboxylic acids is 1. The number of carboxylic acid groups (broad SMARTS) is 1. The Hall–Kier alpha value is -2.08. The fourth-order valence-corrected chi connectivity index (χ4v) is 5.89. The van der Waals surface area contributed by atoms with E-state index in [-0.39, 0.29) is 30.7 Å². The highest BCUT2D eigenvalue weighted by Crippen LogP contribution is 2.49. The lowest BCUT2D eigenvalue weighted by molar-refractivity contribution is -0.151. The first-order valence-electron chi connectivity index (χ1n) is 13.3. The SMILES string of the molecule is CCCCC[C@H](O)CC[C@@H]1[C@H]2Cc3cccc(OCC(=O)O)c3C[C@H]2C[C@H]1OC(=O)CCCC. The van der Waals surface area contributed by atoms with E-state index in [1.807, 2.05) is 12.1 Å². The minimum Gasteiger partial charge on any atom is -0.482 e. The molecule has 6 heteroatoms. The van der Waals surface area contributed by atoms with Crippen molar-refractivity contribution in [1.82, 2.24) is 0 Å². The molecule has 1 fully saturated rings. The zero-order valence-electron chi connectivity index (χ0n) is 20.8. The van der Waals surface area contributed by atoms with Gasteiger partial charge in [0.2, 0.25) is 0 Å². The van der Waals surface area contributed by atoms with E-state index in [1.54, 1.807) is 0 Å². The van der Waals surface area contributed by atoms with E-state index in [9.17, 15) is 14.7 Å². The van der Waals surface area contributed by atoms with Crippen LogP contribution in [0.15, 0.2) is 18.2 Å². The molecular formula is C28H42O6. The number of benzene rings is 1. The van der Waals surface area contributed by atoms with E-state index in [1.165, 1.54) is 5.56 Å². The topological polar surface area (TPSA) is 93.1 Å². The number of hydrogen-bond acceptors (Lipinski definition) is 5. The summed E-state index contributed by atoms with van der Waals surface area (Å²) in [6, 6.07) is 5.89. The van der Waals surface area contributed by atoms with E-state index >= 15 is 0 Å². The molecule has 5 atom stereocenters. The number of ether oxygens (including phenoxy) is 2. The molecule has 0 heterocycles. The number of aliphatic hydroxyl groups is 1. The summed E-state index contributed by atoms with van der Waals surface area (Å²) < 4.78 is 11.6. The van der Waals surface area contributed by atoms with Crippen LogP contribution in [-0.4, -0.2) is 41.0 Å². The molecule has 0 bridgehead atoms. The van der Waals surface area contributed by atoms with Gasteiger partial charge < -0.3 is 19.7 Å². The van der Waals surface area contributed by atoms with Crippen molar-refractivity contribution >= 4 is 11.9 Å². The number of aliphatic hydroxyl groups excluding tert-OH is 1. The second kappa shape index (κ2) is 13.1. The number of rotatable bonds is 14. The molecule has 0 aromatic heterocycles. The van der Waals surface area contributed by atoms with Gasteiger partial charge in [0.25, 0.3) is 0 Å². The van der Waals surface area contributed by atoms with Crippen LogP contribution in [-0.2, 0) is 27.2 Å². The number of carbonyl (C=O) groups is 2. The fourth-order valence-electron chi connectivity index (χ4n) is 5.89. The Kier molecular flexibility index (Phi) is 10.2. The Balaban J connectivity index is 1.72. The number of hydrogen-bond donors (Lipinski definition) is 2. The van der Waals surface area contributed by atoms with Gasteiger partial charge >= 0.3 is 11.9 Å². The summed E-state index contributed by atoms with van der Waals surface area (Å²) in [5.74, 6) is 0.575. The first-order valence-corrected chi connectivity index (χ1v) is 13.3. The van der Waals surface area contributed by atoms with Crippen molar-refractivity contribution in [2.75, 3.05) is 6.61 Å². The summed E-state index contributed by atoms with van der Waals surface area (Å²) in [4.78, 5) is 23.5. The van der Waals surface area contributed by atoms with Crippen LogP contribution in [0, 0.1) is 17.8 Å². The Labute approximate surface area is 204 Å². The zero-order chi connectivity index (χ0) is 24.5. The molecule has 0 spiro atoms. The maximum atomic E-state index is 12.5. The van der Waals surface area contributed by atoms with Gasteiger partial charge in [-0.15, -0.1) is 0 Å². The lowest BCUT2D eigenvalue weighted by atomic mass is 9.73. The van der Waals surface area contributed by atoms with Crippen LogP contribution in [0.3, 0.4) is 0 Å². The van der Waals surface area contributed by atoms with Gasteiger partial charge in [-0.3, -0.25) is 4.79 Å². The molecule has 6 nitrogen and oxygen atoms in total. The fraction of sp³-hybridized carbons (Fsp3) is 0.714. The lowest BCUT2D eigenvalue weighted by Gasteiger charge is -2.32. The van der Waals surface area contributed by atoms with Gasteiger partial charge in [-0.05, 0) is 79.9 Å². The molecule has 2 aliphatic carbocycles. The Morgan fingerprint density at radius 1 is 1.09 bits per heavy atom. The monoisotopic (exact) mass is 474 g/mol. The molecule has 190 valence electrons. The van der Waals surface area contributed by atoms with Crippen molar-refractivity contribution < 1.29 is 29.3 Å². The van der Waals surface area contributed by atoms with Crippen molar-refractivity contribution in [2.24, 2.45) is 17.8 Å². The second-order valence-electron chi connectivity index (χ2n) is 10.2. The van der Waals surface area contributed by atoms with Crippen molar-refractivity contribution in [3.8, 4) is 5.75 Å². The normalized spacial score (nSPS) is 24.2. The van der Waals surface area contributed by atoms with Crippen molar-refractivity contribution in [3.05, 3.63) is 29.3 Å². The highest BCUT2D eigenvalue weighted by Gasteiger charge is 2.47. The number of unbranched alkanes of at least 4 members (excludes halogenated alkanes) is 3. The van der Waals surface area contributed by atoms with Crippen molar-refractivity contribution in [2.45, 2.75) is 103 Å². The average molecular weight is 475 g/mol. The molecule has 0 amide bonds. The lowest BCUT2D eigenvalue weighted by Crippen LogP contribution is -2.29. The Bertz CT molecular complexity index is 806. The molecule has 0 radical (unpaired) electrons. The van der Waals surface area contributed by atoms with Gasteiger partial charge in [-0.25, -0.2) is 4.79 Å². The first-order chi connectivity index (χ1) is 16.4. The minimum atomic E-state index is -0.983. The number of carbonyl (C=O) groups excluding carboxylic acids is 1. The van der Waals surface area contributed by atoms with Crippen LogP contribution in [0.2, 0.25) is 0 Å². The van der Waals surface area contributed by atoms with Crippen LogP contribution in [0.1, 0.15) is 89.2 Å². The number of fused-ring (bicyclic) bond motifs is 2. The maximum absolute atomic E-state index is 12.5. The molecule has 1 aromatic carbocycles. The van der Waals surface area contributed by atoms with Gasteiger partial charge in [0.15, 0.2) is 6.61 Å². The molecule has 2 N–H and O–H groups in total. The predicted octanol–water partition coefficient (Wildman–Crippen LogP) is 5.32. The van der Waals surface area contributed by atoms with Gasteiger partial charge in [0.05, 0.1) is 6.10 Å². The summed E-state index contributed by atoms with van der Waals surface area (Å²) in [7, 11) is 0. The third-order valence-electron chi connectivity index (χ3n) is 7.66. The van der Waals surface area contributed by atoms with Crippen LogP contribution >= 0.6 is 0 Å². The largest absolute Gasteiger partial charge is 0.482 e. The number of carboxylic acids is 1. The van der Waals surface area contributed by atoms with E-state index in [0.29, 0.717) is 24.0 Å². The highest BCUT2D eigenvalue weighted by atomic mass is 16.5. The van der Waals surface area contributed by atoms with Crippen LogP contribution in [0.25, 0.3) is 0 Å². The summed E-state index contributed by atoms with van der Waals surface area (Å²) in [5, 5.41) is 19.6. The quantitative estimate of drug-likeness (QED) is 0.280. The molecule has 0 unspecified atom stereocenters. The molecular weight excluding hydrogens is 432 g/mol. The summed E-state index contributed by atoms with van der Waals surface area (Å²) in [6.07, 6.45) is 10.2. The van der Waals surface area contributed by atoms with E-state index < -0.39 is 5.97 Å². The van der Waals surface area contributed by atoms with Gasteiger partial charge in [0.1, 0.15) is 11.9 Å². The molecule has 0 saturated heterocycles. The second-order valence-corrected chi connectivity index (χ2v) is 10.2. The number of esters is 1. The molecule has 2 aliphatic rings. The summed E-state index contributed by atoms with van der Waals surface area (Å²) >= 11 is 0. The van der Waals surface area contributed by atoms with Crippen molar-refractivity contribution in [1.29, 1.82) is 0 Å². The van der Waals surface area contributed by atoms with E-state index in [0.717, 1.165) is 76.2 Å². The van der Waals surface area contributed by atoms with Gasteiger partial charge in [-0.2, -0.15) is 0 Å².